The van der Waals surface area contributed by atoms with Crippen molar-refractivity contribution in [2.24, 2.45) is 0 Å². The van der Waals surface area contributed by atoms with E-state index in [1.807, 2.05) is 0 Å². The van der Waals surface area contributed by atoms with E-state index in [1.54, 1.807) is 44.2 Å². The summed E-state index contributed by atoms with van der Waals surface area (Å²) >= 11 is 0. The van der Waals surface area contributed by atoms with Crippen LogP contribution in [0.5, 0.6) is 0 Å². The summed E-state index contributed by atoms with van der Waals surface area (Å²) in [5.74, 6) is 0. The fraction of sp³-hybridized carbons (Fsp3) is 0.250. The number of hydrogen-bond donors (Lipinski definition) is 0. The Morgan fingerprint density at radius 3 is 1.85 bits per heavy atom. The summed E-state index contributed by atoms with van der Waals surface area (Å²) < 4.78 is 97.0. The molecule has 2 aliphatic heterocycles. The maximum absolute atomic E-state index is 13.8. The molecule has 1 fully saturated rings. The number of anilines is 1. The predicted octanol–water partition coefficient (Wildman–Crippen LogP) is 5.30. The van der Waals surface area contributed by atoms with Crippen LogP contribution in [0.4, 0.5) is 23.7 Å². The second kappa shape index (κ2) is 10.2. The molecule has 2 heterocycles. The first-order valence-corrected chi connectivity index (χ1v) is 15.5. The lowest BCUT2D eigenvalue weighted by Gasteiger charge is -2.30. The molecule has 1 atom stereocenters. The lowest BCUT2D eigenvalue weighted by atomic mass is 10.1. The summed E-state index contributed by atoms with van der Waals surface area (Å²) in [4.78, 5) is 14.5. The van der Waals surface area contributed by atoms with Crippen molar-refractivity contribution < 1.29 is 34.8 Å². The predicted molar refractivity (Wildman–Crippen MR) is 146 cm³/mol. The molecule has 5 rings (SSSR count). The Morgan fingerprint density at radius 2 is 1.32 bits per heavy atom. The SMILES string of the molecule is Cc1ccc(S(=O)(=O)N2CC(C3=CCCN3S(=O)(=O)c3ccc(C)cc3)N(c3cccc(C(F)(F)F)c3)C2=O)cc1. The van der Waals surface area contributed by atoms with Gasteiger partial charge in [-0.2, -0.15) is 13.2 Å². The average molecular weight is 606 g/mol. The van der Waals surface area contributed by atoms with Gasteiger partial charge in [0.2, 0.25) is 0 Å². The van der Waals surface area contributed by atoms with Gasteiger partial charge in [-0.05, 0) is 62.7 Å². The number of nitrogens with zero attached hydrogens (tertiary/aromatic N) is 3. The summed E-state index contributed by atoms with van der Waals surface area (Å²) in [6, 6.07) is 13.6. The fourth-order valence-corrected chi connectivity index (χ4v) is 7.84. The number of halogens is 3. The van der Waals surface area contributed by atoms with Crippen LogP contribution in [-0.4, -0.2) is 50.6 Å². The number of aryl methyl sites for hydroxylation is 2. The van der Waals surface area contributed by atoms with Crippen LogP contribution < -0.4 is 4.90 Å². The largest absolute Gasteiger partial charge is 0.416 e. The van der Waals surface area contributed by atoms with Crippen LogP contribution in [0.3, 0.4) is 0 Å². The van der Waals surface area contributed by atoms with E-state index < -0.39 is 50.4 Å². The van der Waals surface area contributed by atoms with Crippen molar-refractivity contribution in [1.82, 2.24) is 8.61 Å². The second-order valence-corrected chi connectivity index (χ2v) is 13.6. The van der Waals surface area contributed by atoms with Gasteiger partial charge in [-0.1, -0.05) is 47.5 Å². The minimum atomic E-state index is -4.73. The number of amides is 2. The van der Waals surface area contributed by atoms with E-state index in [0.29, 0.717) is 4.31 Å². The minimum Gasteiger partial charge on any atom is -0.283 e. The zero-order valence-electron chi connectivity index (χ0n) is 22.0. The number of urea groups is 1. The van der Waals surface area contributed by atoms with Gasteiger partial charge in [0, 0.05) is 12.2 Å². The second-order valence-electron chi connectivity index (χ2n) is 9.87. The Kier molecular flexibility index (Phi) is 7.14. The Balaban J connectivity index is 1.61. The lowest BCUT2D eigenvalue weighted by molar-refractivity contribution is -0.137. The lowest BCUT2D eigenvalue weighted by Crippen LogP contribution is -2.42. The van der Waals surface area contributed by atoms with E-state index in [1.165, 1.54) is 30.3 Å². The van der Waals surface area contributed by atoms with Gasteiger partial charge < -0.3 is 0 Å². The van der Waals surface area contributed by atoms with Crippen LogP contribution in [0.2, 0.25) is 0 Å². The number of benzene rings is 3. The monoisotopic (exact) mass is 605 g/mol. The van der Waals surface area contributed by atoms with Gasteiger partial charge in [0.25, 0.3) is 20.0 Å². The molecule has 1 saturated heterocycles. The molecule has 0 aromatic heterocycles. The van der Waals surface area contributed by atoms with E-state index in [2.05, 4.69) is 0 Å². The zero-order chi connectivity index (χ0) is 29.7. The van der Waals surface area contributed by atoms with Crippen molar-refractivity contribution in [3.05, 3.63) is 101 Å². The third kappa shape index (κ3) is 5.19. The molecule has 13 heteroatoms. The molecule has 0 bridgehead atoms. The molecular weight excluding hydrogens is 579 g/mol. The Bertz CT molecular complexity index is 1740. The molecule has 8 nitrogen and oxygen atoms in total. The molecule has 0 aliphatic carbocycles. The highest BCUT2D eigenvalue weighted by molar-refractivity contribution is 7.90. The maximum Gasteiger partial charge on any atom is 0.416 e. The highest BCUT2D eigenvalue weighted by Crippen LogP contribution is 2.39. The molecule has 216 valence electrons. The smallest absolute Gasteiger partial charge is 0.283 e. The van der Waals surface area contributed by atoms with Crippen LogP contribution in [0, 0.1) is 13.8 Å². The summed E-state index contributed by atoms with van der Waals surface area (Å²) in [6.45, 7) is 3.09. The number of alkyl halides is 3. The van der Waals surface area contributed by atoms with Crippen LogP contribution in [0.1, 0.15) is 23.1 Å². The molecule has 1 unspecified atom stereocenters. The van der Waals surface area contributed by atoms with Crippen molar-refractivity contribution in [3.63, 3.8) is 0 Å². The zero-order valence-corrected chi connectivity index (χ0v) is 23.7. The standard InChI is InChI=1S/C28H26F3N3O5S2/c1-19-8-12-23(13-9-19)40(36,37)32-16-4-7-25(32)26-18-33(41(38,39)24-14-10-20(2)11-15-24)27(35)34(26)22-6-3-5-21(17-22)28(29,30)31/h3,5-15,17,26H,4,16,18H2,1-2H3. The van der Waals surface area contributed by atoms with Crippen LogP contribution in [0.15, 0.2) is 94.4 Å². The fourth-order valence-electron chi connectivity index (χ4n) is 4.92. The summed E-state index contributed by atoms with van der Waals surface area (Å²) in [6.07, 6.45) is -2.88. The summed E-state index contributed by atoms with van der Waals surface area (Å²) in [5.41, 5.74) is 0.490. The molecule has 0 N–H and O–H groups in total. The normalized spacial score (nSPS) is 18.3. The van der Waals surface area contributed by atoms with Crippen molar-refractivity contribution in [3.8, 4) is 0 Å². The molecule has 41 heavy (non-hydrogen) atoms. The first-order valence-electron chi connectivity index (χ1n) is 12.6. The first-order chi connectivity index (χ1) is 19.2. The van der Waals surface area contributed by atoms with E-state index >= 15 is 0 Å². The number of sulfonamides is 2. The number of rotatable bonds is 6. The van der Waals surface area contributed by atoms with Crippen LogP contribution >= 0.6 is 0 Å². The van der Waals surface area contributed by atoms with Gasteiger partial charge in [-0.15, -0.1) is 0 Å². The third-order valence-corrected chi connectivity index (χ3v) is 10.6. The highest BCUT2D eigenvalue weighted by atomic mass is 32.2. The maximum atomic E-state index is 13.8. The van der Waals surface area contributed by atoms with E-state index in [-0.39, 0.29) is 34.1 Å². The van der Waals surface area contributed by atoms with Crippen LogP contribution in [0.25, 0.3) is 0 Å². The third-order valence-electron chi connectivity index (χ3n) is 7.05. The van der Waals surface area contributed by atoms with Crippen molar-refractivity contribution in [1.29, 1.82) is 0 Å². The van der Waals surface area contributed by atoms with E-state index in [9.17, 15) is 34.8 Å². The number of carbonyl (C=O) groups excluding carboxylic acids is 1. The number of hydrogen-bond acceptors (Lipinski definition) is 5. The topological polar surface area (TPSA) is 95.1 Å². The molecule has 0 saturated carbocycles. The Hall–Kier alpha value is -3.84. The molecule has 0 radical (unpaired) electrons. The summed E-state index contributed by atoms with van der Waals surface area (Å²) in [7, 11) is -8.56. The number of carbonyl (C=O) groups is 1. The van der Waals surface area contributed by atoms with Crippen molar-refractivity contribution in [2.75, 3.05) is 18.0 Å². The van der Waals surface area contributed by atoms with Gasteiger partial charge in [0.15, 0.2) is 0 Å². The highest BCUT2D eigenvalue weighted by Gasteiger charge is 2.49. The van der Waals surface area contributed by atoms with Crippen molar-refractivity contribution >= 4 is 31.8 Å². The quantitative estimate of drug-likeness (QED) is 0.380. The van der Waals surface area contributed by atoms with Gasteiger partial charge in [-0.25, -0.2) is 25.9 Å². The molecule has 0 spiro atoms. The van der Waals surface area contributed by atoms with Gasteiger partial charge >= 0.3 is 12.2 Å². The van der Waals surface area contributed by atoms with Gasteiger partial charge in [-0.3, -0.25) is 9.21 Å². The van der Waals surface area contributed by atoms with Gasteiger partial charge in [0.1, 0.15) is 0 Å². The summed E-state index contributed by atoms with van der Waals surface area (Å²) in [5, 5.41) is 0. The Labute approximate surface area is 236 Å². The van der Waals surface area contributed by atoms with Crippen LogP contribution in [-0.2, 0) is 26.2 Å². The average Bonchev–Trinajstić information content (AvgIpc) is 3.54. The van der Waals surface area contributed by atoms with Crippen molar-refractivity contribution in [2.45, 2.75) is 42.3 Å². The molecular formula is C28H26F3N3O5S2. The minimum absolute atomic E-state index is 0.00465. The van der Waals surface area contributed by atoms with Gasteiger partial charge in [0.05, 0.1) is 33.6 Å². The molecule has 2 aliphatic rings. The Morgan fingerprint density at radius 1 is 0.780 bits per heavy atom. The molecule has 3 aromatic carbocycles. The molecule has 3 aromatic rings. The first kappa shape index (κ1) is 28.7. The van der Waals surface area contributed by atoms with E-state index in [4.69, 9.17) is 0 Å². The van der Waals surface area contributed by atoms with E-state index in [0.717, 1.165) is 38.5 Å². The molecule has 2 amide bonds.